The van der Waals surface area contributed by atoms with E-state index in [2.05, 4.69) is 26.7 Å². The van der Waals surface area contributed by atoms with E-state index in [9.17, 15) is 5.11 Å². The van der Waals surface area contributed by atoms with E-state index in [1.54, 1.807) is 0 Å². The number of fused-ring (bicyclic) bond motifs is 1. The Labute approximate surface area is 108 Å². The lowest BCUT2D eigenvalue weighted by Gasteiger charge is -2.32. The second-order valence-electron chi connectivity index (χ2n) is 5.67. The van der Waals surface area contributed by atoms with E-state index in [-0.39, 0.29) is 6.10 Å². The molecule has 0 saturated carbocycles. The molecule has 0 aromatic carbocycles. The van der Waals surface area contributed by atoms with Gasteiger partial charge in [0.2, 0.25) is 0 Å². The van der Waals surface area contributed by atoms with Crippen LogP contribution in [0.15, 0.2) is 0 Å². The molecule has 100 valence electrons. The molecular weight excluding hydrogens is 228 g/mol. The molecular formula is C13H22N4O. The van der Waals surface area contributed by atoms with Crippen molar-refractivity contribution in [1.29, 1.82) is 0 Å². The normalized spacial score (nSPS) is 29.2. The van der Waals surface area contributed by atoms with Gasteiger partial charge in [-0.3, -0.25) is 0 Å². The van der Waals surface area contributed by atoms with Crippen LogP contribution >= 0.6 is 0 Å². The monoisotopic (exact) mass is 250 g/mol. The molecule has 1 aromatic heterocycles. The van der Waals surface area contributed by atoms with Gasteiger partial charge < -0.3 is 14.6 Å². The van der Waals surface area contributed by atoms with Gasteiger partial charge in [0.05, 0.1) is 12.6 Å². The lowest BCUT2D eigenvalue weighted by Crippen LogP contribution is -2.38. The molecule has 0 aliphatic carbocycles. The molecule has 5 heteroatoms. The topological polar surface area (TPSA) is 54.2 Å². The fraction of sp³-hybridized carbons (Fsp3) is 0.846. The number of likely N-dealkylation sites (N-methyl/N-ethyl adjacent to an activating group) is 1. The van der Waals surface area contributed by atoms with Crippen molar-refractivity contribution in [2.24, 2.45) is 0 Å². The maximum atomic E-state index is 9.77. The van der Waals surface area contributed by atoms with Gasteiger partial charge in [-0.25, -0.2) is 0 Å². The Morgan fingerprint density at radius 2 is 2.17 bits per heavy atom. The Hall–Kier alpha value is -0.940. The minimum Gasteiger partial charge on any atom is -0.391 e. The van der Waals surface area contributed by atoms with Crippen LogP contribution in [0.5, 0.6) is 0 Å². The number of aryl methyl sites for hydroxylation is 1. The highest BCUT2D eigenvalue weighted by Crippen LogP contribution is 2.21. The zero-order chi connectivity index (χ0) is 12.5. The third kappa shape index (κ3) is 2.29. The Balaban J connectivity index is 1.74. The van der Waals surface area contributed by atoms with Crippen LogP contribution in [-0.4, -0.2) is 50.5 Å². The summed E-state index contributed by atoms with van der Waals surface area (Å²) in [5, 5.41) is 18.4. The summed E-state index contributed by atoms with van der Waals surface area (Å²) in [7, 11) is 2.20. The molecule has 3 rings (SSSR count). The van der Waals surface area contributed by atoms with Crippen molar-refractivity contribution in [3.05, 3.63) is 11.6 Å². The van der Waals surface area contributed by atoms with Crippen LogP contribution in [0.2, 0.25) is 0 Å². The number of aromatic nitrogens is 3. The van der Waals surface area contributed by atoms with Crippen LogP contribution in [0.3, 0.4) is 0 Å². The van der Waals surface area contributed by atoms with Crippen molar-refractivity contribution in [1.82, 2.24) is 19.7 Å². The van der Waals surface area contributed by atoms with Gasteiger partial charge >= 0.3 is 0 Å². The molecule has 18 heavy (non-hydrogen) atoms. The first-order valence-corrected chi connectivity index (χ1v) is 7.03. The van der Waals surface area contributed by atoms with E-state index in [0.717, 1.165) is 30.9 Å². The highest BCUT2D eigenvalue weighted by atomic mass is 16.3. The molecule has 0 spiro atoms. The standard InChI is InChI=1S/C13H22N4O/c1-16-7-3-2-4-10(16)8-13-15-14-12-6-5-11(18)9-17(12)13/h10-11,18H,2-9H2,1H3. The number of aliphatic hydroxyl groups is 1. The van der Waals surface area contributed by atoms with Crippen LogP contribution in [0, 0.1) is 0 Å². The molecule has 5 nitrogen and oxygen atoms in total. The summed E-state index contributed by atoms with van der Waals surface area (Å²) in [5.74, 6) is 2.11. The van der Waals surface area contributed by atoms with Crippen LogP contribution in [0.4, 0.5) is 0 Å². The second kappa shape index (κ2) is 4.97. The van der Waals surface area contributed by atoms with Crippen molar-refractivity contribution in [3.63, 3.8) is 0 Å². The molecule has 3 heterocycles. The fourth-order valence-electron chi connectivity index (χ4n) is 3.13. The third-order valence-corrected chi connectivity index (χ3v) is 4.34. The van der Waals surface area contributed by atoms with Crippen LogP contribution in [0.25, 0.3) is 0 Å². The number of nitrogens with zero attached hydrogens (tertiary/aromatic N) is 4. The van der Waals surface area contributed by atoms with Crippen molar-refractivity contribution >= 4 is 0 Å². The highest BCUT2D eigenvalue weighted by Gasteiger charge is 2.25. The quantitative estimate of drug-likeness (QED) is 0.835. The molecule has 2 aliphatic heterocycles. The van der Waals surface area contributed by atoms with Gasteiger partial charge in [0.25, 0.3) is 0 Å². The molecule has 0 amide bonds. The van der Waals surface area contributed by atoms with E-state index in [4.69, 9.17) is 0 Å². The smallest absolute Gasteiger partial charge is 0.134 e. The first-order valence-electron chi connectivity index (χ1n) is 7.03. The SMILES string of the molecule is CN1CCCCC1Cc1nnc2n1CC(O)CC2. The van der Waals surface area contributed by atoms with Gasteiger partial charge in [0.1, 0.15) is 11.6 Å². The molecule has 2 aliphatic rings. The summed E-state index contributed by atoms with van der Waals surface area (Å²) in [6, 6.07) is 0.589. The van der Waals surface area contributed by atoms with Gasteiger partial charge in [-0.1, -0.05) is 6.42 Å². The second-order valence-corrected chi connectivity index (χ2v) is 5.67. The lowest BCUT2D eigenvalue weighted by molar-refractivity contribution is 0.127. The number of hydrogen-bond acceptors (Lipinski definition) is 4. The van der Waals surface area contributed by atoms with E-state index in [0.29, 0.717) is 12.6 Å². The number of piperidine rings is 1. The van der Waals surface area contributed by atoms with Gasteiger partial charge in [0, 0.05) is 18.9 Å². The van der Waals surface area contributed by atoms with Gasteiger partial charge in [-0.2, -0.15) is 0 Å². The number of likely N-dealkylation sites (tertiary alicyclic amines) is 1. The maximum absolute atomic E-state index is 9.77. The summed E-state index contributed by atoms with van der Waals surface area (Å²) >= 11 is 0. The third-order valence-electron chi connectivity index (χ3n) is 4.34. The predicted octanol–water partition coefficient (Wildman–Crippen LogP) is 0.612. The van der Waals surface area contributed by atoms with Gasteiger partial charge in [-0.05, 0) is 32.9 Å². The summed E-state index contributed by atoms with van der Waals surface area (Å²) in [4.78, 5) is 2.43. The van der Waals surface area contributed by atoms with Gasteiger partial charge in [0.15, 0.2) is 0 Å². The van der Waals surface area contributed by atoms with Crippen molar-refractivity contribution in [2.75, 3.05) is 13.6 Å². The Morgan fingerprint density at radius 1 is 1.28 bits per heavy atom. The van der Waals surface area contributed by atoms with Crippen LogP contribution < -0.4 is 0 Å². The fourth-order valence-corrected chi connectivity index (χ4v) is 3.13. The molecule has 1 N–H and O–H groups in total. The first-order chi connectivity index (χ1) is 8.74. The molecule has 0 bridgehead atoms. The molecule has 1 fully saturated rings. The zero-order valence-corrected chi connectivity index (χ0v) is 11.0. The maximum Gasteiger partial charge on any atom is 0.134 e. The number of aliphatic hydroxyl groups excluding tert-OH is 1. The minimum absolute atomic E-state index is 0.226. The largest absolute Gasteiger partial charge is 0.391 e. The van der Waals surface area contributed by atoms with E-state index >= 15 is 0 Å². The summed E-state index contributed by atoms with van der Waals surface area (Å²) in [5.41, 5.74) is 0. The highest BCUT2D eigenvalue weighted by molar-refractivity contribution is 5.02. The average Bonchev–Trinajstić information content (AvgIpc) is 2.75. The summed E-state index contributed by atoms with van der Waals surface area (Å²) < 4.78 is 2.14. The zero-order valence-electron chi connectivity index (χ0n) is 11.0. The molecule has 2 atom stereocenters. The lowest BCUT2D eigenvalue weighted by atomic mass is 9.99. The Kier molecular flexibility index (Phi) is 3.35. The average molecular weight is 250 g/mol. The van der Waals surface area contributed by atoms with Crippen molar-refractivity contribution in [3.8, 4) is 0 Å². The molecule has 0 radical (unpaired) electrons. The van der Waals surface area contributed by atoms with Crippen molar-refractivity contribution < 1.29 is 5.11 Å². The number of rotatable bonds is 2. The first kappa shape index (κ1) is 12.1. The minimum atomic E-state index is -0.226. The molecule has 2 unspecified atom stereocenters. The summed E-state index contributed by atoms with van der Waals surface area (Å²) in [6.07, 6.45) is 6.30. The predicted molar refractivity (Wildman–Crippen MR) is 68.3 cm³/mol. The molecule has 1 aromatic rings. The number of hydrogen-bond donors (Lipinski definition) is 1. The molecule has 1 saturated heterocycles. The Bertz CT molecular complexity index is 417. The van der Waals surface area contributed by atoms with E-state index in [1.165, 1.54) is 25.8 Å². The Morgan fingerprint density at radius 3 is 3.00 bits per heavy atom. The van der Waals surface area contributed by atoms with E-state index < -0.39 is 0 Å². The summed E-state index contributed by atoms with van der Waals surface area (Å²) in [6.45, 7) is 1.86. The van der Waals surface area contributed by atoms with Crippen LogP contribution in [0.1, 0.15) is 37.3 Å². The van der Waals surface area contributed by atoms with Crippen molar-refractivity contribution in [2.45, 2.75) is 57.2 Å². The van der Waals surface area contributed by atoms with Gasteiger partial charge in [-0.15, -0.1) is 10.2 Å². The van der Waals surface area contributed by atoms with Crippen LogP contribution in [-0.2, 0) is 19.4 Å². The van der Waals surface area contributed by atoms with E-state index in [1.807, 2.05) is 0 Å².